The summed E-state index contributed by atoms with van der Waals surface area (Å²) < 4.78 is 5.53. The van der Waals surface area contributed by atoms with Crippen molar-refractivity contribution in [2.45, 2.75) is 32.7 Å². The Morgan fingerprint density at radius 1 is 1.30 bits per heavy atom. The summed E-state index contributed by atoms with van der Waals surface area (Å²) in [6.45, 7) is 4.93. The number of aryl methyl sites for hydroxylation is 2. The molecule has 4 rings (SSSR count). The van der Waals surface area contributed by atoms with Crippen molar-refractivity contribution in [2.24, 2.45) is 0 Å². The highest BCUT2D eigenvalue weighted by atomic mass is 16.3. The monoisotopic (exact) mass is 308 g/mol. The quantitative estimate of drug-likeness (QED) is 0.765. The van der Waals surface area contributed by atoms with Crippen molar-refractivity contribution in [2.75, 3.05) is 6.54 Å². The van der Waals surface area contributed by atoms with E-state index in [2.05, 4.69) is 18.8 Å². The van der Waals surface area contributed by atoms with E-state index in [9.17, 15) is 4.79 Å². The number of fused-ring (bicyclic) bond motifs is 1. The number of hydrogen-bond acceptors (Lipinski definition) is 2. The molecule has 1 N–H and O–H groups in total. The molecule has 4 heteroatoms. The third-order valence-electron chi connectivity index (χ3n) is 4.94. The normalized spacial score (nSPS) is 18.0. The van der Waals surface area contributed by atoms with Crippen molar-refractivity contribution in [3.63, 3.8) is 0 Å². The van der Waals surface area contributed by atoms with Crippen LogP contribution in [0.4, 0.5) is 0 Å². The van der Waals surface area contributed by atoms with E-state index in [0.717, 1.165) is 47.3 Å². The Hall–Kier alpha value is -2.49. The molecule has 0 saturated carbocycles. The van der Waals surface area contributed by atoms with Gasteiger partial charge in [0, 0.05) is 28.7 Å². The van der Waals surface area contributed by atoms with Crippen LogP contribution >= 0.6 is 0 Å². The fraction of sp³-hybridized carbons (Fsp3) is 0.316. The average molecular weight is 308 g/mol. The highest BCUT2D eigenvalue weighted by Gasteiger charge is 2.32. The van der Waals surface area contributed by atoms with Crippen molar-refractivity contribution >= 4 is 16.8 Å². The summed E-state index contributed by atoms with van der Waals surface area (Å²) in [5.41, 5.74) is 4.19. The lowest BCUT2D eigenvalue weighted by molar-refractivity contribution is 0.0720. The highest BCUT2D eigenvalue weighted by molar-refractivity contribution is 5.99. The first-order chi connectivity index (χ1) is 11.1. The van der Waals surface area contributed by atoms with Crippen LogP contribution in [-0.4, -0.2) is 22.3 Å². The van der Waals surface area contributed by atoms with E-state index in [4.69, 9.17) is 4.42 Å². The smallest absolute Gasteiger partial charge is 0.254 e. The molecule has 4 nitrogen and oxygen atoms in total. The molecule has 2 aromatic heterocycles. The molecule has 3 heterocycles. The summed E-state index contributed by atoms with van der Waals surface area (Å²) in [6.07, 6.45) is 3.65. The van der Waals surface area contributed by atoms with Crippen LogP contribution in [0, 0.1) is 13.8 Å². The minimum atomic E-state index is 0.0576. The lowest BCUT2D eigenvalue weighted by Crippen LogP contribution is -2.30. The molecule has 1 aliphatic rings. The van der Waals surface area contributed by atoms with Gasteiger partial charge in [-0.2, -0.15) is 0 Å². The van der Waals surface area contributed by atoms with E-state index < -0.39 is 0 Å². The molecular weight excluding hydrogens is 288 g/mol. The summed E-state index contributed by atoms with van der Waals surface area (Å²) in [5, 5.41) is 1.13. The van der Waals surface area contributed by atoms with Gasteiger partial charge in [0.25, 0.3) is 5.91 Å². The first-order valence-corrected chi connectivity index (χ1v) is 8.08. The Balaban J connectivity index is 1.69. The highest BCUT2D eigenvalue weighted by Crippen LogP contribution is 2.34. The topological polar surface area (TPSA) is 49.2 Å². The summed E-state index contributed by atoms with van der Waals surface area (Å²) in [5.74, 6) is 0.967. The second-order valence-corrected chi connectivity index (χ2v) is 6.31. The van der Waals surface area contributed by atoms with Crippen LogP contribution in [0.25, 0.3) is 10.9 Å². The maximum atomic E-state index is 13.0. The van der Waals surface area contributed by atoms with E-state index in [1.807, 2.05) is 35.2 Å². The third-order valence-corrected chi connectivity index (χ3v) is 4.94. The van der Waals surface area contributed by atoms with Crippen LogP contribution in [0.5, 0.6) is 0 Å². The second kappa shape index (κ2) is 5.30. The van der Waals surface area contributed by atoms with Crippen molar-refractivity contribution in [1.82, 2.24) is 9.88 Å². The van der Waals surface area contributed by atoms with Gasteiger partial charge in [0.1, 0.15) is 5.76 Å². The number of carbonyl (C=O) groups excluding carboxylic acids is 1. The average Bonchev–Trinajstić information content (AvgIpc) is 3.27. The van der Waals surface area contributed by atoms with E-state index in [-0.39, 0.29) is 11.9 Å². The van der Waals surface area contributed by atoms with Crippen LogP contribution in [0.3, 0.4) is 0 Å². The molecule has 0 radical (unpaired) electrons. The van der Waals surface area contributed by atoms with E-state index in [1.165, 1.54) is 5.56 Å². The molecular formula is C19H20N2O2. The maximum absolute atomic E-state index is 13.0. The Morgan fingerprint density at radius 2 is 2.17 bits per heavy atom. The molecule has 1 atom stereocenters. The van der Waals surface area contributed by atoms with Crippen LogP contribution in [0.2, 0.25) is 0 Å². The lowest BCUT2D eigenvalue weighted by Gasteiger charge is -2.23. The van der Waals surface area contributed by atoms with Crippen molar-refractivity contribution in [3.05, 3.63) is 59.2 Å². The number of aromatic nitrogens is 1. The molecule has 0 unspecified atom stereocenters. The number of hydrogen-bond donors (Lipinski definition) is 1. The lowest BCUT2D eigenvalue weighted by atomic mass is 10.1. The van der Waals surface area contributed by atoms with Crippen LogP contribution < -0.4 is 0 Å². The summed E-state index contributed by atoms with van der Waals surface area (Å²) in [4.78, 5) is 18.3. The first kappa shape index (κ1) is 14.1. The van der Waals surface area contributed by atoms with Gasteiger partial charge in [0.05, 0.1) is 12.3 Å². The zero-order valence-electron chi connectivity index (χ0n) is 13.4. The third kappa shape index (κ3) is 2.25. The predicted octanol–water partition coefficient (Wildman–Crippen LogP) is 4.36. The van der Waals surface area contributed by atoms with Crippen molar-refractivity contribution in [1.29, 1.82) is 0 Å². The van der Waals surface area contributed by atoms with Crippen LogP contribution in [0.15, 0.2) is 41.0 Å². The molecule has 1 saturated heterocycles. The number of benzene rings is 1. The molecule has 1 aliphatic heterocycles. The number of furan rings is 1. The molecule has 118 valence electrons. The predicted molar refractivity (Wildman–Crippen MR) is 89.5 cm³/mol. The Labute approximate surface area is 135 Å². The van der Waals surface area contributed by atoms with Gasteiger partial charge in [0.2, 0.25) is 0 Å². The van der Waals surface area contributed by atoms with E-state index in [0.29, 0.717) is 0 Å². The molecule has 1 fully saturated rings. The number of amides is 1. The SMILES string of the molecule is Cc1[nH]c2ccc(C(=O)N3CCC[C@H]3c3ccco3)cc2c1C. The number of aromatic amines is 1. The maximum Gasteiger partial charge on any atom is 0.254 e. The Kier molecular flexibility index (Phi) is 3.26. The number of nitrogens with one attached hydrogen (secondary N) is 1. The summed E-state index contributed by atoms with van der Waals surface area (Å²) in [6, 6.07) is 9.82. The van der Waals surface area contributed by atoms with Crippen molar-refractivity contribution < 1.29 is 9.21 Å². The summed E-state index contributed by atoms with van der Waals surface area (Å²) in [7, 11) is 0. The van der Waals surface area contributed by atoms with Crippen LogP contribution in [-0.2, 0) is 0 Å². The molecule has 3 aromatic rings. The van der Waals surface area contributed by atoms with Gasteiger partial charge in [-0.25, -0.2) is 0 Å². The fourth-order valence-corrected chi connectivity index (χ4v) is 3.55. The molecule has 0 bridgehead atoms. The summed E-state index contributed by atoms with van der Waals surface area (Å²) >= 11 is 0. The van der Waals surface area contributed by atoms with Gasteiger partial charge in [-0.15, -0.1) is 0 Å². The number of rotatable bonds is 2. The molecule has 23 heavy (non-hydrogen) atoms. The fourth-order valence-electron chi connectivity index (χ4n) is 3.55. The minimum Gasteiger partial charge on any atom is -0.467 e. The molecule has 1 amide bonds. The minimum absolute atomic E-state index is 0.0576. The number of H-pyrrole nitrogens is 1. The first-order valence-electron chi connectivity index (χ1n) is 8.08. The largest absolute Gasteiger partial charge is 0.467 e. The van der Waals surface area contributed by atoms with E-state index >= 15 is 0 Å². The second-order valence-electron chi connectivity index (χ2n) is 6.31. The zero-order chi connectivity index (χ0) is 16.0. The van der Waals surface area contributed by atoms with Gasteiger partial charge in [0.15, 0.2) is 0 Å². The van der Waals surface area contributed by atoms with Gasteiger partial charge in [-0.05, 0) is 62.6 Å². The van der Waals surface area contributed by atoms with Crippen molar-refractivity contribution in [3.8, 4) is 0 Å². The molecule has 1 aromatic carbocycles. The number of carbonyl (C=O) groups is 1. The Bertz CT molecular complexity index is 861. The van der Waals surface area contributed by atoms with Gasteiger partial charge in [-0.1, -0.05) is 0 Å². The van der Waals surface area contributed by atoms with Gasteiger partial charge < -0.3 is 14.3 Å². The standard InChI is InChI=1S/C19H20N2O2/c1-12-13(2)20-16-8-7-14(11-15(12)16)19(22)21-9-3-5-17(21)18-6-4-10-23-18/h4,6-8,10-11,17,20H,3,5,9H2,1-2H3/t17-/m0/s1. The van der Waals surface area contributed by atoms with E-state index in [1.54, 1.807) is 6.26 Å². The van der Waals surface area contributed by atoms with Gasteiger partial charge in [-0.3, -0.25) is 4.79 Å². The van der Waals surface area contributed by atoms with Gasteiger partial charge >= 0.3 is 0 Å². The number of nitrogens with zero attached hydrogens (tertiary/aromatic N) is 1. The van der Waals surface area contributed by atoms with Crippen LogP contribution in [0.1, 0.15) is 46.3 Å². The molecule has 0 spiro atoms. The Morgan fingerprint density at radius 3 is 2.96 bits per heavy atom. The zero-order valence-corrected chi connectivity index (χ0v) is 13.4. The number of likely N-dealkylation sites (tertiary alicyclic amines) is 1. The molecule has 0 aliphatic carbocycles.